The summed E-state index contributed by atoms with van der Waals surface area (Å²) in [6.07, 6.45) is 2.47. The summed E-state index contributed by atoms with van der Waals surface area (Å²) < 4.78 is 28.7. The van der Waals surface area contributed by atoms with Gasteiger partial charge in [0.2, 0.25) is 0 Å². The Labute approximate surface area is 187 Å². The summed E-state index contributed by atoms with van der Waals surface area (Å²) in [6, 6.07) is 16.6. The highest BCUT2D eigenvalue weighted by Gasteiger charge is 2.23. The lowest BCUT2D eigenvalue weighted by Crippen LogP contribution is -2.16. The molecule has 8 nitrogen and oxygen atoms in total. The standard InChI is InChI=1S/C23H24N4O4S/c1-4-18-6-8-19(9-7-18)15-24-25-22-12-10-20(27(28)29)14-23(22)32(30,31)26-21-11-5-16(2)13-17(21)3/h5-15,25-26H,4H2,1-3H3. The van der Waals surface area contributed by atoms with Gasteiger partial charge in [0, 0.05) is 12.1 Å². The van der Waals surface area contributed by atoms with Crippen LogP contribution in [-0.4, -0.2) is 19.6 Å². The number of nitrogens with zero attached hydrogens (tertiary/aromatic N) is 2. The van der Waals surface area contributed by atoms with Crippen molar-refractivity contribution in [1.82, 2.24) is 0 Å². The van der Waals surface area contributed by atoms with Gasteiger partial charge in [0.15, 0.2) is 0 Å². The number of hydrazone groups is 1. The fraction of sp³-hybridized carbons (Fsp3) is 0.174. The number of rotatable bonds is 8. The molecule has 9 heteroatoms. The van der Waals surface area contributed by atoms with Crippen LogP contribution in [0.15, 0.2) is 70.7 Å². The van der Waals surface area contributed by atoms with E-state index in [4.69, 9.17) is 0 Å². The van der Waals surface area contributed by atoms with E-state index < -0.39 is 14.9 Å². The summed E-state index contributed by atoms with van der Waals surface area (Å²) in [6.45, 7) is 5.75. The molecule has 0 spiro atoms. The molecule has 0 aromatic heterocycles. The molecule has 0 aliphatic rings. The van der Waals surface area contributed by atoms with E-state index in [-0.39, 0.29) is 16.3 Å². The quantitative estimate of drug-likeness (QED) is 0.283. The highest BCUT2D eigenvalue weighted by molar-refractivity contribution is 7.92. The SMILES string of the molecule is CCc1ccc(C=NNc2ccc([N+](=O)[O-])cc2S(=O)(=O)Nc2ccc(C)cc2C)cc1. The van der Waals surface area contributed by atoms with Gasteiger partial charge in [-0.3, -0.25) is 20.3 Å². The van der Waals surface area contributed by atoms with Gasteiger partial charge in [0.1, 0.15) is 4.90 Å². The molecule has 0 bridgehead atoms. The highest BCUT2D eigenvalue weighted by Crippen LogP contribution is 2.29. The van der Waals surface area contributed by atoms with Gasteiger partial charge in [0.05, 0.1) is 22.5 Å². The van der Waals surface area contributed by atoms with Gasteiger partial charge < -0.3 is 0 Å². The first-order valence-corrected chi connectivity index (χ1v) is 11.4. The summed E-state index contributed by atoms with van der Waals surface area (Å²) in [5.41, 5.74) is 6.63. The molecule has 0 saturated carbocycles. The van der Waals surface area contributed by atoms with Gasteiger partial charge in [-0.05, 0) is 49.1 Å². The molecule has 166 valence electrons. The Kier molecular flexibility index (Phi) is 6.89. The number of aryl methyl sites for hydroxylation is 3. The first-order chi connectivity index (χ1) is 15.2. The zero-order chi connectivity index (χ0) is 23.3. The van der Waals surface area contributed by atoms with E-state index in [1.807, 2.05) is 37.3 Å². The van der Waals surface area contributed by atoms with Crippen molar-refractivity contribution in [3.63, 3.8) is 0 Å². The number of benzene rings is 3. The van der Waals surface area contributed by atoms with Crippen molar-refractivity contribution in [1.29, 1.82) is 0 Å². The van der Waals surface area contributed by atoms with Crippen molar-refractivity contribution in [2.75, 3.05) is 10.1 Å². The zero-order valence-corrected chi connectivity index (χ0v) is 18.8. The normalized spacial score (nSPS) is 11.5. The molecule has 3 aromatic carbocycles. The van der Waals surface area contributed by atoms with Crippen LogP contribution in [0, 0.1) is 24.0 Å². The number of non-ortho nitro benzene ring substituents is 1. The maximum Gasteiger partial charge on any atom is 0.270 e. The third-order valence-electron chi connectivity index (χ3n) is 4.88. The molecule has 0 heterocycles. The van der Waals surface area contributed by atoms with Crippen LogP contribution in [0.25, 0.3) is 0 Å². The minimum absolute atomic E-state index is 0.120. The molecule has 3 rings (SSSR count). The molecule has 32 heavy (non-hydrogen) atoms. The fourth-order valence-corrected chi connectivity index (χ4v) is 4.39. The van der Waals surface area contributed by atoms with E-state index in [0.717, 1.165) is 29.2 Å². The Morgan fingerprint density at radius 1 is 1.00 bits per heavy atom. The lowest BCUT2D eigenvalue weighted by atomic mass is 10.1. The number of anilines is 2. The fourth-order valence-electron chi connectivity index (χ4n) is 3.08. The second-order valence-electron chi connectivity index (χ2n) is 7.33. The third kappa shape index (κ3) is 5.50. The van der Waals surface area contributed by atoms with Crippen LogP contribution in [0.1, 0.15) is 29.2 Å². The van der Waals surface area contributed by atoms with Crippen LogP contribution in [0.5, 0.6) is 0 Å². The van der Waals surface area contributed by atoms with E-state index in [1.165, 1.54) is 17.7 Å². The molecule has 0 aliphatic carbocycles. The smallest absolute Gasteiger partial charge is 0.270 e. The number of sulfonamides is 1. The van der Waals surface area contributed by atoms with Crippen molar-refractivity contribution >= 4 is 33.3 Å². The maximum absolute atomic E-state index is 13.1. The molecule has 0 fully saturated rings. The van der Waals surface area contributed by atoms with Gasteiger partial charge in [0.25, 0.3) is 15.7 Å². The first-order valence-electron chi connectivity index (χ1n) is 9.96. The summed E-state index contributed by atoms with van der Waals surface area (Å²) in [4.78, 5) is 10.3. The van der Waals surface area contributed by atoms with Crippen molar-refractivity contribution in [3.05, 3.63) is 93.0 Å². The Morgan fingerprint density at radius 2 is 1.69 bits per heavy atom. The van der Waals surface area contributed by atoms with E-state index in [1.54, 1.807) is 25.3 Å². The van der Waals surface area contributed by atoms with Gasteiger partial charge in [-0.1, -0.05) is 48.9 Å². The lowest BCUT2D eigenvalue weighted by molar-refractivity contribution is -0.385. The van der Waals surface area contributed by atoms with Crippen LogP contribution in [-0.2, 0) is 16.4 Å². The van der Waals surface area contributed by atoms with E-state index in [2.05, 4.69) is 22.2 Å². The largest absolute Gasteiger partial charge is 0.279 e. The Hall–Kier alpha value is -3.72. The Balaban J connectivity index is 1.92. The minimum atomic E-state index is -4.13. The molecule has 0 aliphatic heterocycles. The molecular weight excluding hydrogens is 428 g/mol. The zero-order valence-electron chi connectivity index (χ0n) is 18.0. The topological polar surface area (TPSA) is 114 Å². The molecule has 0 amide bonds. The van der Waals surface area contributed by atoms with Gasteiger partial charge >= 0.3 is 0 Å². The van der Waals surface area contributed by atoms with Crippen molar-refractivity contribution in [2.45, 2.75) is 32.1 Å². The van der Waals surface area contributed by atoms with Crippen LogP contribution >= 0.6 is 0 Å². The van der Waals surface area contributed by atoms with Crippen molar-refractivity contribution < 1.29 is 13.3 Å². The second kappa shape index (κ2) is 9.61. The van der Waals surface area contributed by atoms with E-state index in [9.17, 15) is 18.5 Å². The number of nitro benzene ring substituents is 1. The average Bonchev–Trinajstić information content (AvgIpc) is 2.76. The Bertz CT molecular complexity index is 1270. The summed E-state index contributed by atoms with van der Waals surface area (Å²) in [7, 11) is -4.13. The third-order valence-corrected chi connectivity index (χ3v) is 6.28. The molecule has 3 aromatic rings. The summed E-state index contributed by atoms with van der Waals surface area (Å²) >= 11 is 0. The highest BCUT2D eigenvalue weighted by atomic mass is 32.2. The van der Waals surface area contributed by atoms with Gasteiger partial charge in [-0.15, -0.1) is 0 Å². The maximum atomic E-state index is 13.1. The van der Waals surface area contributed by atoms with Crippen LogP contribution < -0.4 is 10.1 Å². The number of nitrogens with one attached hydrogen (secondary N) is 2. The van der Waals surface area contributed by atoms with Crippen LogP contribution in [0.4, 0.5) is 17.1 Å². The minimum Gasteiger partial charge on any atom is -0.279 e. The van der Waals surface area contributed by atoms with Crippen LogP contribution in [0.2, 0.25) is 0 Å². The molecule has 0 radical (unpaired) electrons. The lowest BCUT2D eigenvalue weighted by Gasteiger charge is -2.14. The monoisotopic (exact) mass is 452 g/mol. The second-order valence-corrected chi connectivity index (χ2v) is 8.98. The van der Waals surface area contributed by atoms with Crippen molar-refractivity contribution in [3.8, 4) is 0 Å². The summed E-state index contributed by atoms with van der Waals surface area (Å²) in [5.74, 6) is 0. The van der Waals surface area contributed by atoms with Crippen LogP contribution in [0.3, 0.4) is 0 Å². The predicted octanol–water partition coefficient (Wildman–Crippen LogP) is 5.02. The van der Waals surface area contributed by atoms with Gasteiger partial charge in [-0.2, -0.15) is 5.10 Å². The average molecular weight is 453 g/mol. The molecular formula is C23H24N4O4S. The van der Waals surface area contributed by atoms with E-state index >= 15 is 0 Å². The molecule has 0 unspecified atom stereocenters. The molecule has 0 atom stereocenters. The van der Waals surface area contributed by atoms with Gasteiger partial charge in [-0.25, -0.2) is 8.42 Å². The number of hydrogen-bond donors (Lipinski definition) is 2. The summed E-state index contributed by atoms with van der Waals surface area (Å²) in [5, 5.41) is 15.3. The predicted molar refractivity (Wildman–Crippen MR) is 127 cm³/mol. The Morgan fingerprint density at radius 3 is 2.31 bits per heavy atom. The number of nitro groups is 1. The van der Waals surface area contributed by atoms with Crippen molar-refractivity contribution in [2.24, 2.45) is 5.10 Å². The molecule has 0 saturated heterocycles. The first kappa shape index (κ1) is 23.0. The molecule has 2 N–H and O–H groups in total. The van der Waals surface area contributed by atoms with E-state index in [0.29, 0.717) is 5.69 Å². The number of hydrogen-bond acceptors (Lipinski definition) is 6.